The maximum absolute atomic E-state index is 11.6. The zero-order chi connectivity index (χ0) is 25.3. The second-order valence-electron chi connectivity index (χ2n) is 11.2. The highest BCUT2D eigenvalue weighted by Gasteiger charge is 2.36. The standard InChI is InChI=1S/C30H42N3O2Si/c1-5-7-14-32-16-12-22-18-24-28(20-26(22)32)36(3,4)29-21-27-23(19-25(29)31-24)13-17-33(27)15-10-8-9-11-30(34)35-6-2/h18-21H,5-17H2,1-4H3/q+1. The van der Waals surface area contributed by atoms with Gasteiger partial charge < -0.3 is 9.64 Å². The fourth-order valence-corrected chi connectivity index (χ4v) is 9.06. The third-order valence-corrected chi connectivity index (χ3v) is 11.9. The van der Waals surface area contributed by atoms with Crippen molar-refractivity contribution in [3.05, 3.63) is 46.1 Å². The van der Waals surface area contributed by atoms with Crippen molar-refractivity contribution in [3.63, 3.8) is 0 Å². The molecule has 36 heavy (non-hydrogen) atoms. The number of unbranched alkanes of at least 4 members (excludes halogenated alkanes) is 3. The number of carbonyl (C=O) groups excluding carboxylic acids is 1. The molecule has 0 saturated heterocycles. The SMILES string of the molecule is CCCCN1CCc2cc3c(cc21)[Si](C)(C)c1cc2c(cc1=N3)CC[N+]=2CCCCCC(=O)OCC. The topological polar surface area (TPSA) is 44.9 Å². The zero-order valence-corrected chi connectivity index (χ0v) is 23.7. The van der Waals surface area contributed by atoms with Crippen molar-refractivity contribution in [2.45, 2.75) is 78.3 Å². The highest BCUT2D eigenvalue weighted by Crippen LogP contribution is 2.32. The quantitative estimate of drug-likeness (QED) is 0.216. The Bertz CT molecular complexity index is 1280. The monoisotopic (exact) mass is 504 g/mol. The van der Waals surface area contributed by atoms with E-state index in [1.54, 1.807) is 0 Å². The van der Waals surface area contributed by atoms with Gasteiger partial charge in [0, 0.05) is 49.7 Å². The van der Waals surface area contributed by atoms with Crippen molar-refractivity contribution in [3.8, 4) is 0 Å². The number of esters is 1. The average molecular weight is 505 g/mol. The molecule has 0 saturated carbocycles. The first-order valence-electron chi connectivity index (χ1n) is 14.1. The molecule has 2 aromatic carbocycles. The molecule has 3 heterocycles. The van der Waals surface area contributed by atoms with E-state index in [-0.39, 0.29) is 5.97 Å². The second-order valence-corrected chi connectivity index (χ2v) is 15.5. The highest BCUT2D eigenvalue weighted by molar-refractivity contribution is 7.01. The van der Waals surface area contributed by atoms with Gasteiger partial charge in [0.15, 0.2) is 0 Å². The first-order valence-corrected chi connectivity index (χ1v) is 17.1. The van der Waals surface area contributed by atoms with Gasteiger partial charge in [0.25, 0.3) is 0 Å². The molecule has 192 valence electrons. The normalized spacial score (nSPS) is 16.8. The summed E-state index contributed by atoms with van der Waals surface area (Å²) in [5.74, 6) is -0.0639. The van der Waals surface area contributed by atoms with Gasteiger partial charge in [-0.1, -0.05) is 26.4 Å². The number of fused-ring (bicyclic) bond motifs is 4. The Labute approximate surface area is 216 Å². The lowest BCUT2D eigenvalue weighted by molar-refractivity contribution is -0.143. The molecule has 0 fully saturated rings. The Morgan fingerprint density at radius 1 is 1.03 bits per heavy atom. The van der Waals surface area contributed by atoms with Crippen LogP contribution >= 0.6 is 0 Å². The molecule has 0 aliphatic carbocycles. The second kappa shape index (κ2) is 10.5. The van der Waals surface area contributed by atoms with Crippen molar-refractivity contribution in [1.29, 1.82) is 0 Å². The molecule has 3 aliphatic rings. The molecule has 0 spiro atoms. The van der Waals surface area contributed by atoms with Gasteiger partial charge in [-0.3, -0.25) is 4.79 Å². The minimum absolute atomic E-state index is 0.0639. The lowest BCUT2D eigenvalue weighted by atomic mass is 10.1. The highest BCUT2D eigenvalue weighted by atomic mass is 28.3. The Balaban J connectivity index is 1.40. The predicted octanol–water partition coefficient (Wildman–Crippen LogP) is 3.11. The summed E-state index contributed by atoms with van der Waals surface area (Å²) in [5.41, 5.74) is 5.63. The largest absolute Gasteiger partial charge is 0.466 e. The van der Waals surface area contributed by atoms with Gasteiger partial charge in [0.2, 0.25) is 5.36 Å². The number of nitrogens with zero attached hydrogens (tertiary/aromatic N) is 3. The Kier molecular flexibility index (Phi) is 7.34. The Morgan fingerprint density at radius 2 is 1.89 bits per heavy atom. The molecule has 0 bridgehead atoms. The van der Waals surface area contributed by atoms with Gasteiger partial charge in [0.1, 0.15) is 21.2 Å². The van der Waals surface area contributed by atoms with E-state index in [4.69, 9.17) is 9.73 Å². The van der Waals surface area contributed by atoms with Crippen molar-refractivity contribution in [2.75, 3.05) is 37.7 Å². The van der Waals surface area contributed by atoms with Crippen LogP contribution in [0.25, 0.3) is 0 Å². The first kappa shape index (κ1) is 25.2. The van der Waals surface area contributed by atoms with E-state index in [1.165, 1.54) is 63.0 Å². The number of hydrogen-bond donors (Lipinski definition) is 0. The van der Waals surface area contributed by atoms with Crippen LogP contribution in [-0.4, -0.2) is 46.8 Å². The molecule has 6 heteroatoms. The van der Waals surface area contributed by atoms with Gasteiger partial charge in [-0.05, 0) is 66.7 Å². The molecule has 0 radical (unpaired) electrons. The summed E-state index contributed by atoms with van der Waals surface area (Å²) in [6, 6.07) is 9.81. The summed E-state index contributed by atoms with van der Waals surface area (Å²) >= 11 is 0. The third kappa shape index (κ3) is 4.76. The lowest BCUT2D eigenvalue weighted by Gasteiger charge is -2.30. The molecule has 0 unspecified atom stereocenters. The first-order chi connectivity index (χ1) is 17.4. The van der Waals surface area contributed by atoms with E-state index < -0.39 is 8.07 Å². The number of anilines is 1. The van der Waals surface area contributed by atoms with Gasteiger partial charge in [-0.25, -0.2) is 9.57 Å². The van der Waals surface area contributed by atoms with Crippen LogP contribution in [0, 0.1) is 0 Å². The fraction of sp³-hybridized carbons (Fsp3) is 0.567. The summed E-state index contributed by atoms with van der Waals surface area (Å²) in [7, 11) is -1.87. The van der Waals surface area contributed by atoms with Gasteiger partial charge in [-0.2, -0.15) is 0 Å². The number of benzene rings is 2. The summed E-state index contributed by atoms with van der Waals surface area (Å²) in [6.07, 6.45) is 8.39. The minimum Gasteiger partial charge on any atom is -0.466 e. The van der Waals surface area contributed by atoms with E-state index in [9.17, 15) is 4.79 Å². The van der Waals surface area contributed by atoms with Crippen LogP contribution in [0.4, 0.5) is 11.4 Å². The van der Waals surface area contributed by atoms with E-state index in [2.05, 4.69) is 53.8 Å². The summed E-state index contributed by atoms with van der Waals surface area (Å²) in [5, 5.41) is 5.63. The van der Waals surface area contributed by atoms with Crippen molar-refractivity contribution >= 4 is 35.8 Å². The van der Waals surface area contributed by atoms with Crippen LogP contribution in [0.2, 0.25) is 13.1 Å². The van der Waals surface area contributed by atoms with E-state index in [0.717, 1.165) is 51.7 Å². The predicted molar refractivity (Wildman–Crippen MR) is 151 cm³/mol. The fourth-order valence-electron chi connectivity index (χ4n) is 6.24. The molecule has 0 aromatic heterocycles. The Hall–Kier alpha value is -2.47. The maximum Gasteiger partial charge on any atom is 0.305 e. The van der Waals surface area contributed by atoms with Crippen LogP contribution in [-0.2, 0) is 22.4 Å². The average Bonchev–Trinajstić information content (AvgIpc) is 3.44. The molecule has 0 amide bonds. The van der Waals surface area contributed by atoms with Crippen molar-refractivity contribution in [2.24, 2.45) is 4.99 Å². The number of ether oxygens (including phenoxy) is 1. The molecule has 2 aromatic rings. The van der Waals surface area contributed by atoms with E-state index in [1.807, 2.05) is 6.92 Å². The van der Waals surface area contributed by atoms with E-state index >= 15 is 0 Å². The lowest BCUT2D eigenvalue weighted by Crippen LogP contribution is -2.62. The number of rotatable bonds is 10. The van der Waals surface area contributed by atoms with Gasteiger partial charge >= 0.3 is 5.97 Å². The van der Waals surface area contributed by atoms with E-state index in [0.29, 0.717) is 13.0 Å². The molecule has 0 N–H and O–H groups in total. The van der Waals surface area contributed by atoms with Crippen molar-refractivity contribution in [1.82, 2.24) is 4.58 Å². The van der Waals surface area contributed by atoms with Crippen molar-refractivity contribution < 1.29 is 9.53 Å². The molecular weight excluding hydrogens is 462 g/mol. The Morgan fingerprint density at radius 3 is 2.69 bits per heavy atom. The molecular formula is C30H42N3O2Si+. The molecule has 0 atom stereocenters. The van der Waals surface area contributed by atoms with Crippen LogP contribution in [0.15, 0.2) is 29.3 Å². The molecule has 5 rings (SSSR count). The third-order valence-electron chi connectivity index (χ3n) is 8.36. The van der Waals surface area contributed by atoms with Gasteiger partial charge in [-0.15, -0.1) is 0 Å². The smallest absolute Gasteiger partial charge is 0.305 e. The minimum atomic E-state index is -1.87. The van der Waals surface area contributed by atoms with Crippen LogP contribution < -0.4 is 30.6 Å². The van der Waals surface area contributed by atoms with Crippen LogP contribution in [0.3, 0.4) is 0 Å². The maximum atomic E-state index is 11.6. The number of carbonyl (C=O) groups is 1. The van der Waals surface area contributed by atoms with Gasteiger partial charge in [0.05, 0.1) is 17.7 Å². The van der Waals surface area contributed by atoms with Crippen LogP contribution in [0.5, 0.6) is 0 Å². The summed E-state index contributed by atoms with van der Waals surface area (Å²) in [4.78, 5) is 19.4. The molecule has 5 nitrogen and oxygen atoms in total. The van der Waals surface area contributed by atoms with Crippen LogP contribution in [0.1, 0.15) is 63.5 Å². The zero-order valence-electron chi connectivity index (χ0n) is 22.7. The number of hydrogen-bond acceptors (Lipinski definition) is 4. The summed E-state index contributed by atoms with van der Waals surface area (Å²) < 4.78 is 7.62. The molecule has 3 aliphatic heterocycles. The summed E-state index contributed by atoms with van der Waals surface area (Å²) in [6.45, 7) is 14.1.